The molecule has 1 aliphatic carbocycles. The second-order valence-corrected chi connectivity index (χ2v) is 19.7. The largest absolute Gasteiger partial charge is 0.128 e. The molecule has 0 bridgehead atoms. The van der Waals surface area contributed by atoms with E-state index in [0.29, 0.717) is 0 Å². The summed E-state index contributed by atoms with van der Waals surface area (Å²) in [6.07, 6.45) is 0. The van der Waals surface area contributed by atoms with Crippen molar-refractivity contribution in [1.82, 2.24) is 0 Å². The van der Waals surface area contributed by atoms with Gasteiger partial charge in [-0.2, -0.15) is 0 Å². The van der Waals surface area contributed by atoms with Crippen molar-refractivity contribution in [3.05, 3.63) is 179 Å². The molecule has 1 spiro atoms. The van der Waals surface area contributed by atoms with Gasteiger partial charge < -0.3 is 0 Å². The summed E-state index contributed by atoms with van der Waals surface area (Å²) in [5.74, 6) is 0. The highest BCUT2D eigenvalue weighted by atomic mass is 28.3. The van der Waals surface area contributed by atoms with Crippen molar-refractivity contribution in [3.63, 3.8) is 0 Å². The molecular weight excluding hydrogens is 629 g/mol. The van der Waals surface area contributed by atoms with Gasteiger partial charge in [0.15, 0.2) is 0 Å². The van der Waals surface area contributed by atoms with Crippen molar-refractivity contribution in [2.75, 3.05) is 0 Å². The maximum atomic E-state index is 2.55. The van der Waals surface area contributed by atoms with E-state index in [-0.39, 0.29) is 5.41 Å². The zero-order chi connectivity index (χ0) is 34.1. The van der Waals surface area contributed by atoms with Crippen LogP contribution in [0.25, 0.3) is 66.1 Å². The molecule has 2 aliphatic heterocycles. The SMILES string of the molecule is Cc1ccc2c(-c3ccc4c(c3)-c3ccccc3[Si]43Cc4ccccc4C3)c3ccccc3c(-c3ccc4c(c3)C(C)(C)c3ccccc3-4)c2c1. The average Bonchev–Trinajstić information content (AvgIpc) is 3.76. The van der Waals surface area contributed by atoms with Gasteiger partial charge in [-0.3, -0.25) is 0 Å². The summed E-state index contributed by atoms with van der Waals surface area (Å²) in [4.78, 5) is 0. The van der Waals surface area contributed by atoms with Crippen molar-refractivity contribution in [2.24, 2.45) is 0 Å². The first-order chi connectivity index (χ1) is 24.9. The number of rotatable bonds is 2. The molecule has 11 rings (SSSR count). The molecule has 0 aromatic heterocycles. The third-order valence-corrected chi connectivity index (χ3v) is 17.6. The van der Waals surface area contributed by atoms with Gasteiger partial charge in [-0.1, -0.05) is 159 Å². The Balaban J connectivity index is 1.15. The summed E-state index contributed by atoms with van der Waals surface area (Å²) in [5.41, 5.74) is 18.1. The number of benzene rings is 8. The summed E-state index contributed by atoms with van der Waals surface area (Å²) in [6, 6.07) is 60.9. The molecule has 1 heteroatoms. The Hall–Kier alpha value is -5.50. The van der Waals surface area contributed by atoms with Gasteiger partial charge in [-0.05, 0) is 130 Å². The zero-order valence-corrected chi connectivity index (χ0v) is 30.3. The van der Waals surface area contributed by atoms with Crippen molar-refractivity contribution in [1.29, 1.82) is 0 Å². The molecule has 0 atom stereocenters. The summed E-state index contributed by atoms with van der Waals surface area (Å²) in [7, 11) is -1.95. The maximum Gasteiger partial charge on any atom is 0.128 e. The molecule has 8 aromatic carbocycles. The van der Waals surface area contributed by atoms with E-state index >= 15 is 0 Å². The summed E-state index contributed by atoms with van der Waals surface area (Å²) < 4.78 is 0. The molecule has 0 saturated carbocycles. The van der Waals surface area contributed by atoms with Gasteiger partial charge >= 0.3 is 0 Å². The first-order valence-corrected chi connectivity index (χ1v) is 20.9. The van der Waals surface area contributed by atoms with Crippen molar-refractivity contribution in [3.8, 4) is 44.5 Å². The van der Waals surface area contributed by atoms with Crippen LogP contribution in [-0.4, -0.2) is 8.07 Å². The van der Waals surface area contributed by atoms with Crippen LogP contribution in [0.2, 0.25) is 0 Å². The van der Waals surface area contributed by atoms with Crippen LogP contribution >= 0.6 is 0 Å². The van der Waals surface area contributed by atoms with Crippen LogP contribution in [0.3, 0.4) is 0 Å². The van der Waals surface area contributed by atoms with Crippen LogP contribution < -0.4 is 10.4 Å². The highest BCUT2D eigenvalue weighted by Gasteiger charge is 2.49. The first-order valence-electron chi connectivity index (χ1n) is 18.4. The second kappa shape index (κ2) is 10.3. The lowest BCUT2D eigenvalue weighted by atomic mass is 9.80. The third kappa shape index (κ3) is 3.90. The minimum atomic E-state index is -1.95. The van der Waals surface area contributed by atoms with Crippen LogP contribution in [0.15, 0.2) is 152 Å². The second-order valence-electron chi connectivity index (χ2n) is 15.8. The van der Waals surface area contributed by atoms with E-state index < -0.39 is 8.07 Å². The standard InChI is InChI=1S/C50H38Si/c1-31-20-23-41-43(26-31)49(33-21-24-37-36-14-8-10-18-44(36)50(2,3)45(37)28-33)40-17-7-6-16-39(40)48(41)32-22-25-47-42(27-32)38-15-9-11-19-46(38)51(47)29-34-12-4-5-13-35(34)30-51/h4-28H,29-30H2,1-3H3. The number of hydrogen-bond acceptors (Lipinski definition) is 0. The predicted octanol–water partition coefficient (Wildman–Crippen LogP) is 11.4. The molecular formula is C50H38Si. The van der Waals surface area contributed by atoms with Gasteiger partial charge in [0.1, 0.15) is 8.07 Å². The molecule has 0 radical (unpaired) electrons. The normalized spacial score (nSPS) is 15.5. The minimum Gasteiger partial charge on any atom is -0.0623 e. The molecule has 0 saturated heterocycles. The highest BCUT2D eigenvalue weighted by molar-refractivity contribution is 7.05. The fourth-order valence-electron chi connectivity index (χ4n) is 10.4. The van der Waals surface area contributed by atoms with E-state index in [1.807, 2.05) is 0 Å². The highest BCUT2D eigenvalue weighted by Crippen LogP contribution is 2.51. The number of hydrogen-bond donors (Lipinski definition) is 0. The smallest absolute Gasteiger partial charge is 0.0623 e. The van der Waals surface area contributed by atoms with Gasteiger partial charge in [0.05, 0.1) is 0 Å². The van der Waals surface area contributed by atoms with Crippen LogP contribution in [0, 0.1) is 6.92 Å². The number of fused-ring (bicyclic) bond motifs is 11. The van der Waals surface area contributed by atoms with E-state index in [1.54, 1.807) is 21.5 Å². The molecule has 0 N–H and O–H groups in total. The molecule has 0 fully saturated rings. The van der Waals surface area contributed by atoms with E-state index in [1.165, 1.54) is 94.8 Å². The Morgan fingerprint density at radius 2 is 1.00 bits per heavy atom. The van der Waals surface area contributed by atoms with Crippen LogP contribution in [0.1, 0.15) is 41.7 Å². The maximum absolute atomic E-state index is 2.55. The quantitative estimate of drug-likeness (QED) is 0.127. The number of aryl methyl sites for hydroxylation is 1. The lowest BCUT2D eigenvalue weighted by Crippen LogP contribution is -2.57. The lowest BCUT2D eigenvalue weighted by molar-refractivity contribution is 0.660. The van der Waals surface area contributed by atoms with Crippen molar-refractivity contribution < 1.29 is 0 Å². The van der Waals surface area contributed by atoms with Gasteiger partial charge in [0, 0.05) is 5.41 Å². The Kier molecular flexibility index (Phi) is 5.90. The Labute approximate surface area is 301 Å². The summed E-state index contributed by atoms with van der Waals surface area (Å²) in [5, 5.41) is 8.52. The zero-order valence-electron chi connectivity index (χ0n) is 29.3. The Morgan fingerprint density at radius 1 is 0.431 bits per heavy atom. The first kappa shape index (κ1) is 29.2. The molecule has 8 aromatic rings. The van der Waals surface area contributed by atoms with Gasteiger partial charge in [0.2, 0.25) is 0 Å². The van der Waals surface area contributed by atoms with Crippen molar-refractivity contribution >= 4 is 40.0 Å². The minimum absolute atomic E-state index is 0.0501. The van der Waals surface area contributed by atoms with Gasteiger partial charge in [-0.15, -0.1) is 0 Å². The monoisotopic (exact) mass is 666 g/mol. The molecule has 0 nitrogen and oxygen atoms in total. The van der Waals surface area contributed by atoms with E-state index in [0.717, 1.165) is 0 Å². The molecule has 51 heavy (non-hydrogen) atoms. The van der Waals surface area contributed by atoms with Crippen molar-refractivity contribution in [2.45, 2.75) is 38.3 Å². The summed E-state index contributed by atoms with van der Waals surface area (Å²) in [6.45, 7) is 7.00. The Morgan fingerprint density at radius 3 is 1.78 bits per heavy atom. The molecule has 3 aliphatic rings. The van der Waals surface area contributed by atoms with Crippen LogP contribution in [0.4, 0.5) is 0 Å². The molecule has 2 heterocycles. The van der Waals surface area contributed by atoms with Gasteiger partial charge in [-0.25, -0.2) is 0 Å². The predicted molar refractivity (Wildman–Crippen MR) is 219 cm³/mol. The third-order valence-electron chi connectivity index (χ3n) is 12.7. The topological polar surface area (TPSA) is 0 Å². The summed E-state index contributed by atoms with van der Waals surface area (Å²) >= 11 is 0. The molecule has 0 unspecified atom stereocenters. The fourth-order valence-corrected chi connectivity index (χ4v) is 15.8. The van der Waals surface area contributed by atoms with Crippen LogP contribution in [-0.2, 0) is 17.5 Å². The Bertz CT molecular complexity index is 2770. The van der Waals surface area contributed by atoms with Gasteiger partial charge in [0.25, 0.3) is 0 Å². The molecule has 0 amide bonds. The fraction of sp³-hybridized carbons (Fsp3) is 0.120. The lowest BCUT2D eigenvalue weighted by Gasteiger charge is -2.24. The van der Waals surface area contributed by atoms with E-state index in [4.69, 9.17) is 0 Å². The van der Waals surface area contributed by atoms with E-state index in [9.17, 15) is 0 Å². The molecule has 242 valence electrons. The average molecular weight is 667 g/mol. The van der Waals surface area contributed by atoms with E-state index in [2.05, 4.69) is 172 Å². The van der Waals surface area contributed by atoms with Crippen LogP contribution in [0.5, 0.6) is 0 Å².